The Morgan fingerprint density at radius 1 is 1.13 bits per heavy atom. The maximum Gasteiger partial charge on any atom is 0.270 e. The van der Waals surface area contributed by atoms with Gasteiger partial charge in [0, 0.05) is 50.7 Å². The van der Waals surface area contributed by atoms with Gasteiger partial charge >= 0.3 is 0 Å². The number of aromatic nitrogens is 2. The average molecular weight is 438 g/mol. The number of hydrogen-bond donors (Lipinski definition) is 0. The summed E-state index contributed by atoms with van der Waals surface area (Å²) in [7, 11) is 1.65. The minimum absolute atomic E-state index is 0.107. The number of benzene rings is 1. The highest BCUT2D eigenvalue weighted by atomic mass is 35.5. The first-order chi connectivity index (χ1) is 14.9. The fraction of sp³-hybridized carbons (Fsp3) is 0.348. The first kappa shape index (κ1) is 19.8. The number of nitriles is 1. The molecule has 6 nitrogen and oxygen atoms in total. The number of aryl methyl sites for hydroxylation is 2. The minimum atomic E-state index is -0.324. The SMILES string of the molecule is Cc1cc(F)ccc1N1C[C@@H]2CN(c3c(C#N)c(=O)n(C)c4ccc(Cl)nc34)C[C@@H]2C1. The van der Waals surface area contributed by atoms with Crippen molar-refractivity contribution in [1.29, 1.82) is 5.26 Å². The first-order valence-electron chi connectivity index (χ1n) is 10.2. The second-order valence-corrected chi connectivity index (χ2v) is 8.85. The smallest absolute Gasteiger partial charge is 0.270 e. The molecule has 0 bridgehead atoms. The third-order valence-corrected chi connectivity index (χ3v) is 6.81. The molecule has 2 saturated heterocycles. The molecule has 31 heavy (non-hydrogen) atoms. The van der Waals surface area contributed by atoms with Gasteiger partial charge in [-0.1, -0.05) is 11.6 Å². The van der Waals surface area contributed by atoms with Crippen molar-refractivity contribution in [2.24, 2.45) is 18.9 Å². The van der Waals surface area contributed by atoms with Crippen LogP contribution < -0.4 is 15.4 Å². The maximum atomic E-state index is 13.5. The predicted molar refractivity (Wildman–Crippen MR) is 119 cm³/mol. The highest BCUT2D eigenvalue weighted by Crippen LogP contribution is 2.39. The van der Waals surface area contributed by atoms with Gasteiger partial charge in [0.25, 0.3) is 5.56 Å². The van der Waals surface area contributed by atoms with Crippen molar-refractivity contribution in [3.63, 3.8) is 0 Å². The summed E-state index contributed by atoms with van der Waals surface area (Å²) in [5.41, 5.74) is 3.60. The molecule has 2 atom stereocenters. The van der Waals surface area contributed by atoms with E-state index in [9.17, 15) is 14.4 Å². The molecule has 5 rings (SSSR count). The average Bonchev–Trinajstić information content (AvgIpc) is 3.29. The number of nitrogens with zero attached hydrogens (tertiary/aromatic N) is 5. The van der Waals surface area contributed by atoms with Gasteiger partial charge in [0.2, 0.25) is 0 Å². The summed E-state index contributed by atoms with van der Waals surface area (Å²) in [5, 5.41) is 10.1. The lowest BCUT2D eigenvalue weighted by Crippen LogP contribution is -2.32. The van der Waals surface area contributed by atoms with Gasteiger partial charge in [-0.2, -0.15) is 5.26 Å². The highest BCUT2D eigenvalue weighted by molar-refractivity contribution is 6.29. The van der Waals surface area contributed by atoms with Crippen molar-refractivity contribution >= 4 is 34.0 Å². The van der Waals surface area contributed by atoms with Crippen LogP contribution in [0.25, 0.3) is 11.0 Å². The van der Waals surface area contributed by atoms with E-state index in [1.54, 1.807) is 25.2 Å². The Kier molecular flexibility index (Phi) is 4.63. The summed E-state index contributed by atoms with van der Waals surface area (Å²) >= 11 is 6.16. The fourth-order valence-electron chi connectivity index (χ4n) is 5.12. The number of hydrogen-bond acceptors (Lipinski definition) is 5. The summed E-state index contributed by atoms with van der Waals surface area (Å²) in [6.45, 7) is 5.09. The molecule has 4 heterocycles. The standard InChI is InChI=1S/C23H21ClFN5O/c1-13-7-16(25)3-4-18(13)29-9-14-11-30(12-15(14)10-29)22-17(8-26)23(31)28(2)19-5-6-20(24)27-21(19)22/h3-7,14-15H,9-12H2,1-2H3/t14-,15+. The van der Waals surface area contributed by atoms with E-state index in [0.29, 0.717) is 33.7 Å². The van der Waals surface area contributed by atoms with Gasteiger partial charge in [-0.05, 0) is 42.8 Å². The minimum Gasteiger partial charge on any atom is -0.371 e. The molecule has 0 spiro atoms. The molecule has 0 unspecified atom stereocenters. The Morgan fingerprint density at radius 3 is 2.45 bits per heavy atom. The van der Waals surface area contributed by atoms with Crippen LogP contribution in [0.4, 0.5) is 15.8 Å². The molecule has 0 aliphatic carbocycles. The van der Waals surface area contributed by atoms with Gasteiger partial charge in [0.15, 0.2) is 0 Å². The van der Waals surface area contributed by atoms with Crippen LogP contribution in [-0.2, 0) is 7.05 Å². The summed E-state index contributed by atoms with van der Waals surface area (Å²) in [4.78, 5) is 21.7. The van der Waals surface area contributed by atoms with Crippen molar-refractivity contribution in [1.82, 2.24) is 9.55 Å². The molecule has 1 aromatic carbocycles. The van der Waals surface area contributed by atoms with Gasteiger partial charge in [0.05, 0.1) is 11.2 Å². The molecular formula is C23H21ClFN5O. The normalized spacial score (nSPS) is 20.4. The lowest BCUT2D eigenvalue weighted by Gasteiger charge is -2.26. The summed E-state index contributed by atoms with van der Waals surface area (Å²) in [6.07, 6.45) is 0. The van der Waals surface area contributed by atoms with Crippen LogP contribution in [0.3, 0.4) is 0 Å². The Labute approximate surface area is 184 Å². The summed E-state index contributed by atoms with van der Waals surface area (Å²) < 4.78 is 15.0. The lowest BCUT2D eigenvalue weighted by molar-refractivity contribution is 0.533. The van der Waals surface area contributed by atoms with Gasteiger partial charge in [0.1, 0.15) is 28.1 Å². The molecule has 8 heteroatoms. The molecule has 0 radical (unpaired) electrons. The van der Waals surface area contributed by atoms with E-state index in [0.717, 1.165) is 37.4 Å². The van der Waals surface area contributed by atoms with Crippen molar-refractivity contribution < 1.29 is 4.39 Å². The van der Waals surface area contributed by atoms with E-state index in [1.807, 2.05) is 13.0 Å². The molecule has 0 N–H and O–H groups in total. The molecule has 2 aromatic heterocycles. The number of anilines is 2. The number of rotatable bonds is 2. The second kappa shape index (κ2) is 7.24. The van der Waals surface area contributed by atoms with Crippen LogP contribution in [0, 0.1) is 35.9 Å². The highest BCUT2D eigenvalue weighted by Gasteiger charge is 2.42. The van der Waals surface area contributed by atoms with Gasteiger partial charge in [-0.15, -0.1) is 0 Å². The molecule has 158 valence electrons. The number of fused-ring (bicyclic) bond motifs is 2. The third kappa shape index (κ3) is 3.14. The van der Waals surface area contributed by atoms with Crippen LogP contribution in [0.2, 0.25) is 5.15 Å². The maximum absolute atomic E-state index is 13.5. The molecule has 0 amide bonds. The van der Waals surface area contributed by atoms with E-state index < -0.39 is 0 Å². The fourth-order valence-corrected chi connectivity index (χ4v) is 5.27. The largest absolute Gasteiger partial charge is 0.371 e. The van der Waals surface area contributed by atoms with E-state index in [1.165, 1.54) is 10.6 Å². The van der Waals surface area contributed by atoms with Crippen LogP contribution in [-0.4, -0.2) is 35.7 Å². The zero-order valence-electron chi connectivity index (χ0n) is 17.3. The molecule has 3 aromatic rings. The molecular weight excluding hydrogens is 417 g/mol. The monoisotopic (exact) mass is 437 g/mol. The Balaban J connectivity index is 1.50. The van der Waals surface area contributed by atoms with E-state index in [-0.39, 0.29) is 16.9 Å². The Bertz CT molecular complexity index is 1300. The van der Waals surface area contributed by atoms with E-state index in [2.05, 4.69) is 20.9 Å². The zero-order chi connectivity index (χ0) is 21.9. The van der Waals surface area contributed by atoms with Crippen LogP contribution in [0.5, 0.6) is 0 Å². The topological polar surface area (TPSA) is 65.2 Å². The van der Waals surface area contributed by atoms with Gasteiger partial charge in [-0.3, -0.25) is 4.79 Å². The quantitative estimate of drug-likeness (QED) is 0.574. The molecule has 2 aliphatic heterocycles. The van der Waals surface area contributed by atoms with Crippen molar-refractivity contribution in [3.8, 4) is 6.07 Å². The number of halogens is 2. The third-order valence-electron chi connectivity index (χ3n) is 6.59. The predicted octanol–water partition coefficient (Wildman–Crippen LogP) is 3.48. The van der Waals surface area contributed by atoms with Crippen LogP contribution in [0.15, 0.2) is 35.1 Å². The van der Waals surface area contributed by atoms with E-state index >= 15 is 0 Å². The van der Waals surface area contributed by atoms with Crippen molar-refractivity contribution in [2.75, 3.05) is 36.0 Å². The zero-order valence-corrected chi connectivity index (χ0v) is 18.0. The lowest BCUT2D eigenvalue weighted by atomic mass is 10.0. The second-order valence-electron chi connectivity index (χ2n) is 8.46. The molecule has 2 fully saturated rings. The Hall–Kier alpha value is -3.11. The van der Waals surface area contributed by atoms with Crippen LogP contribution in [0.1, 0.15) is 11.1 Å². The summed E-state index contributed by atoms with van der Waals surface area (Å²) in [6, 6.07) is 10.4. The van der Waals surface area contributed by atoms with Gasteiger partial charge < -0.3 is 14.4 Å². The number of pyridine rings is 2. The molecule has 0 saturated carbocycles. The van der Waals surface area contributed by atoms with Gasteiger partial charge in [-0.25, -0.2) is 9.37 Å². The van der Waals surface area contributed by atoms with Crippen molar-refractivity contribution in [3.05, 3.63) is 62.8 Å². The molecule has 2 aliphatic rings. The Morgan fingerprint density at radius 2 is 1.81 bits per heavy atom. The summed E-state index contributed by atoms with van der Waals surface area (Å²) in [5.74, 6) is 0.545. The van der Waals surface area contributed by atoms with E-state index in [4.69, 9.17) is 11.6 Å². The van der Waals surface area contributed by atoms with Crippen molar-refractivity contribution in [2.45, 2.75) is 6.92 Å². The first-order valence-corrected chi connectivity index (χ1v) is 10.6. The van der Waals surface area contributed by atoms with Crippen LogP contribution >= 0.6 is 11.6 Å².